The van der Waals surface area contributed by atoms with Crippen LogP contribution in [-0.2, 0) is 0 Å². The Morgan fingerprint density at radius 1 is 1.22 bits per heavy atom. The summed E-state index contributed by atoms with van der Waals surface area (Å²) in [5, 5.41) is 0.252. The molecule has 2 aromatic rings. The Morgan fingerprint density at radius 2 is 1.94 bits per heavy atom. The molecule has 0 saturated heterocycles. The minimum absolute atomic E-state index is 0.0351. The lowest BCUT2D eigenvalue weighted by Crippen LogP contribution is -1.99. The van der Waals surface area contributed by atoms with Crippen LogP contribution in [0, 0.1) is 12.7 Å². The van der Waals surface area contributed by atoms with Gasteiger partial charge in [-0.2, -0.15) is 0 Å². The summed E-state index contributed by atoms with van der Waals surface area (Å²) >= 11 is 11.6. The minimum atomic E-state index is -0.512. The zero-order chi connectivity index (χ0) is 13.3. The van der Waals surface area contributed by atoms with Crippen molar-refractivity contribution < 1.29 is 9.18 Å². The van der Waals surface area contributed by atoms with Crippen LogP contribution in [0.5, 0.6) is 0 Å². The van der Waals surface area contributed by atoms with Gasteiger partial charge in [0.25, 0.3) is 0 Å². The molecule has 0 amide bonds. The van der Waals surface area contributed by atoms with E-state index in [0.29, 0.717) is 17.7 Å². The van der Waals surface area contributed by atoms with Gasteiger partial charge in [0.1, 0.15) is 16.8 Å². The van der Waals surface area contributed by atoms with Crippen LogP contribution in [0.25, 0.3) is 11.3 Å². The second-order valence-corrected chi connectivity index (χ2v) is 4.39. The van der Waals surface area contributed by atoms with Gasteiger partial charge in [-0.25, -0.2) is 14.4 Å². The van der Waals surface area contributed by atoms with Crippen molar-refractivity contribution in [3.05, 3.63) is 45.6 Å². The maximum Gasteiger partial charge on any atom is 0.155 e. The lowest BCUT2D eigenvalue weighted by Gasteiger charge is -2.07. The normalized spacial score (nSPS) is 10.4. The Hall–Kier alpha value is -1.52. The molecule has 6 heteroatoms. The zero-order valence-corrected chi connectivity index (χ0v) is 10.8. The highest BCUT2D eigenvalue weighted by molar-refractivity contribution is 6.32. The van der Waals surface area contributed by atoms with E-state index in [-0.39, 0.29) is 21.4 Å². The van der Waals surface area contributed by atoms with E-state index in [1.807, 2.05) is 0 Å². The van der Waals surface area contributed by atoms with Gasteiger partial charge < -0.3 is 0 Å². The van der Waals surface area contributed by atoms with E-state index in [4.69, 9.17) is 23.2 Å². The molecule has 0 unspecified atom stereocenters. The molecule has 3 nitrogen and oxygen atoms in total. The Kier molecular flexibility index (Phi) is 3.59. The van der Waals surface area contributed by atoms with E-state index in [9.17, 15) is 9.18 Å². The molecule has 0 radical (unpaired) electrons. The Labute approximate surface area is 113 Å². The van der Waals surface area contributed by atoms with Gasteiger partial charge in [-0.3, -0.25) is 4.79 Å². The Bertz CT molecular complexity index is 611. The number of aryl methyl sites for hydroxylation is 1. The van der Waals surface area contributed by atoms with Crippen molar-refractivity contribution in [1.29, 1.82) is 0 Å². The van der Waals surface area contributed by atoms with Crippen LogP contribution in [0.15, 0.2) is 18.2 Å². The fourth-order valence-electron chi connectivity index (χ4n) is 1.56. The summed E-state index contributed by atoms with van der Waals surface area (Å²) in [6.45, 7) is 1.63. The summed E-state index contributed by atoms with van der Waals surface area (Å²) in [4.78, 5) is 19.0. The first-order valence-corrected chi connectivity index (χ1v) is 5.72. The molecule has 0 aliphatic carbocycles. The first kappa shape index (κ1) is 12.9. The maximum absolute atomic E-state index is 13.3. The van der Waals surface area contributed by atoms with Crippen LogP contribution in [0.2, 0.25) is 10.2 Å². The predicted octanol–water partition coefficient (Wildman–Crippen LogP) is 3.71. The van der Waals surface area contributed by atoms with Gasteiger partial charge in [0, 0.05) is 10.6 Å². The molecule has 2 rings (SSSR count). The van der Waals surface area contributed by atoms with Crippen molar-refractivity contribution in [2.75, 3.05) is 0 Å². The van der Waals surface area contributed by atoms with Crippen LogP contribution in [0.3, 0.4) is 0 Å². The molecule has 0 N–H and O–H groups in total. The number of carbonyl (C=O) groups is 1. The second kappa shape index (κ2) is 5.00. The number of aromatic nitrogens is 2. The molecule has 0 fully saturated rings. The average molecular weight is 285 g/mol. The largest absolute Gasteiger partial charge is 0.298 e. The molecular weight excluding hydrogens is 278 g/mol. The van der Waals surface area contributed by atoms with E-state index in [2.05, 4.69) is 9.97 Å². The number of rotatable bonds is 2. The summed E-state index contributed by atoms with van der Waals surface area (Å²) < 4.78 is 13.3. The third-order valence-electron chi connectivity index (χ3n) is 2.26. The van der Waals surface area contributed by atoms with Crippen LogP contribution in [0.1, 0.15) is 16.2 Å². The first-order chi connectivity index (χ1) is 8.51. The van der Waals surface area contributed by atoms with Gasteiger partial charge >= 0.3 is 0 Å². The number of aldehydes is 1. The van der Waals surface area contributed by atoms with Crippen molar-refractivity contribution in [2.45, 2.75) is 6.92 Å². The summed E-state index contributed by atoms with van der Waals surface area (Å²) in [6, 6.07) is 3.91. The third kappa shape index (κ3) is 2.49. The monoisotopic (exact) mass is 284 g/mol. The van der Waals surface area contributed by atoms with Crippen molar-refractivity contribution in [2.24, 2.45) is 0 Å². The van der Waals surface area contributed by atoms with Gasteiger partial charge in [-0.05, 0) is 25.1 Å². The van der Waals surface area contributed by atoms with Crippen molar-refractivity contribution in [3.8, 4) is 11.3 Å². The third-order valence-corrected chi connectivity index (χ3v) is 2.77. The molecule has 18 heavy (non-hydrogen) atoms. The van der Waals surface area contributed by atoms with E-state index in [0.717, 1.165) is 0 Å². The molecule has 92 valence electrons. The number of hydrogen-bond acceptors (Lipinski definition) is 3. The molecule has 1 heterocycles. The summed E-state index contributed by atoms with van der Waals surface area (Å²) in [7, 11) is 0. The zero-order valence-electron chi connectivity index (χ0n) is 9.25. The van der Waals surface area contributed by atoms with Gasteiger partial charge in [0.15, 0.2) is 6.29 Å². The number of benzene rings is 1. The van der Waals surface area contributed by atoms with Crippen molar-refractivity contribution in [3.63, 3.8) is 0 Å². The molecular formula is C12H7Cl2FN2O. The van der Waals surface area contributed by atoms with E-state index < -0.39 is 5.82 Å². The number of hydrogen-bond donors (Lipinski definition) is 0. The van der Waals surface area contributed by atoms with Crippen LogP contribution in [0.4, 0.5) is 4.39 Å². The first-order valence-electron chi connectivity index (χ1n) is 4.97. The molecule has 1 aromatic carbocycles. The fraction of sp³-hybridized carbons (Fsp3) is 0.0833. The lowest BCUT2D eigenvalue weighted by molar-refractivity contribution is 0.112. The molecule has 0 bridgehead atoms. The van der Waals surface area contributed by atoms with Crippen molar-refractivity contribution in [1.82, 2.24) is 9.97 Å². The molecule has 1 aromatic heterocycles. The highest BCUT2D eigenvalue weighted by atomic mass is 35.5. The van der Waals surface area contributed by atoms with Crippen molar-refractivity contribution >= 4 is 29.5 Å². The molecule has 0 spiro atoms. The van der Waals surface area contributed by atoms with Gasteiger partial charge in [-0.15, -0.1) is 0 Å². The topological polar surface area (TPSA) is 42.9 Å². The average Bonchev–Trinajstić information content (AvgIpc) is 2.26. The lowest BCUT2D eigenvalue weighted by atomic mass is 10.1. The van der Waals surface area contributed by atoms with E-state index >= 15 is 0 Å². The number of halogens is 3. The number of nitrogens with zero attached hydrogens (tertiary/aromatic N) is 2. The highest BCUT2D eigenvalue weighted by Gasteiger charge is 2.14. The Balaban J connectivity index is 2.73. The van der Waals surface area contributed by atoms with Gasteiger partial charge in [0.05, 0.1) is 11.3 Å². The highest BCUT2D eigenvalue weighted by Crippen LogP contribution is 2.28. The van der Waals surface area contributed by atoms with Gasteiger partial charge in [0.2, 0.25) is 0 Å². The Morgan fingerprint density at radius 3 is 2.56 bits per heavy atom. The smallest absolute Gasteiger partial charge is 0.155 e. The molecule has 0 aliphatic rings. The molecule has 0 aliphatic heterocycles. The predicted molar refractivity (Wildman–Crippen MR) is 67.6 cm³/mol. The fourth-order valence-corrected chi connectivity index (χ4v) is 2.04. The van der Waals surface area contributed by atoms with Crippen LogP contribution >= 0.6 is 23.2 Å². The summed E-state index contributed by atoms with van der Waals surface area (Å²) in [5.41, 5.74) is 0.766. The maximum atomic E-state index is 13.3. The van der Waals surface area contributed by atoms with Crippen LogP contribution in [-0.4, -0.2) is 16.3 Å². The van der Waals surface area contributed by atoms with Gasteiger partial charge in [-0.1, -0.05) is 23.2 Å². The standard InChI is InChI=1S/C12H7Cl2FN2O/c1-6-16-11(10(5-18)12(14)17-6)7-2-8(13)4-9(15)3-7/h2-5H,1H3. The van der Waals surface area contributed by atoms with E-state index in [1.54, 1.807) is 6.92 Å². The minimum Gasteiger partial charge on any atom is -0.298 e. The summed E-state index contributed by atoms with van der Waals surface area (Å²) in [6.07, 6.45) is 0.538. The quantitative estimate of drug-likeness (QED) is 0.624. The molecule has 0 saturated carbocycles. The number of carbonyl (C=O) groups excluding carboxylic acids is 1. The SMILES string of the molecule is Cc1nc(Cl)c(C=O)c(-c2cc(F)cc(Cl)c2)n1. The summed E-state index contributed by atoms with van der Waals surface area (Å²) in [5.74, 6) is -0.122. The molecule has 0 atom stereocenters. The van der Waals surface area contributed by atoms with Crippen LogP contribution < -0.4 is 0 Å². The second-order valence-electron chi connectivity index (χ2n) is 3.60. The van der Waals surface area contributed by atoms with E-state index in [1.165, 1.54) is 18.2 Å².